The van der Waals surface area contributed by atoms with Crippen molar-refractivity contribution < 1.29 is 12.8 Å². The molecule has 3 rings (SSSR count). The van der Waals surface area contributed by atoms with Gasteiger partial charge in [0.05, 0.1) is 17.2 Å². The number of H-pyrrole nitrogens is 1. The number of rotatable bonds is 2. The lowest BCUT2D eigenvalue weighted by molar-refractivity contribution is 0.267. The average molecular weight is 341 g/mol. The van der Waals surface area contributed by atoms with Gasteiger partial charge in [0.15, 0.2) is 0 Å². The van der Waals surface area contributed by atoms with Gasteiger partial charge in [-0.1, -0.05) is 0 Å². The molecule has 0 atom stereocenters. The Balaban J connectivity index is 2.01. The minimum absolute atomic E-state index is 0.107. The van der Waals surface area contributed by atoms with E-state index < -0.39 is 33.1 Å². The van der Waals surface area contributed by atoms with E-state index in [4.69, 9.17) is 0 Å². The van der Waals surface area contributed by atoms with E-state index in [1.165, 1.54) is 16.4 Å². The summed E-state index contributed by atoms with van der Waals surface area (Å²) < 4.78 is 38.8. The van der Waals surface area contributed by atoms with Crippen LogP contribution in [-0.2, 0) is 10.0 Å². The molecule has 9 heteroatoms. The average Bonchev–Trinajstić information content (AvgIpc) is 2.48. The van der Waals surface area contributed by atoms with Gasteiger partial charge in [-0.3, -0.25) is 9.36 Å². The standard InChI is InChI=1S/C14H16FN3O4S/c1-23(21,22)17-6-4-10(5-7-17)18-13(19)11-8-9(15)2-3-12(11)16-14(18)20/h2-3,8,10H,4-7H2,1H3,(H,16,20). The number of piperidine rings is 1. The van der Waals surface area contributed by atoms with E-state index in [2.05, 4.69) is 4.98 Å². The summed E-state index contributed by atoms with van der Waals surface area (Å²) in [5.74, 6) is -0.555. The van der Waals surface area contributed by atoms with Crippen LogP contribution in [0.5, 0.6) is 0 Å². The molecule has 1 fully saturated rings. The Labute approximate surface area is 131 Å². The van der Waals surface area contributed by atoms with Gasteiger partial charge >= 0.3 is 5.69 Å². The molecule has 1 aliphatic rings. The van der Waals surface area contributed by atoms with Gasteiger partial charge in [0.1, 0.15) is 5.82 Å². The first-order valence-electron chi connectivity index (χ1n) is 7.16. The number of benzene rings is 1. The lowest BCUT2D eigenvalue weighted by Gasteiger charge is -2.30. The van der Waals surface area contributed by atoms with Gasteiger partial charge in [-0.2, -0.15) is 0 Å². The number of hydrogen-bond acceptors (Lipinski definition) is 4. The van der Waals surface area contributed by atoms with Crippen LogP contribution < -0.4 is 11.2 Å². The molecule has 0 amide bonds. The van der Waals surface area contributed by atoms with Gasteiger partial charge in [0.25, 0.3) is 5.56 Å². The van der Waals surface area contributed by atoms with Gasteiger partial charge in [0, 0.05) is 19.1 Å². The molecule has 23 heavy (non-hydrogen) atoms. The van der Waals surface area contributed by atoms with E-state index in [9.17, 15) is 22.4 Å². The molecule has 124 valence electrons. The van der Waals surface area contributed by atoms with Crippen LogP contribution in [0.15, 0.2) is 27.8 Å². The van der Waals surface area contributed by atoms with Gasteiger partial charge in [-0.25, -0.2) is 21.9 Å². The highest BCUT2D eigenvalue weighted by atomic mass is 32.2. The summed E-state index contributed by atoms with van der Waals surface area (Å²) >= 11 is 0. The summed E-state index contributed by atoms with van der Waals surface area (Å²) in [6.45, 7) is 0.493. The van der Waals surface area contributed by atoms with Crippen LogP contribution in [0.4, 0.5) is 4.39 Å². The van der Waals surface area contributed by atoms with Crippen molar-refractivity contribution in [1.29, 1.82) is 0 Å². The Hall–Kier alpha value is -2.00. The predicted octanol–water partition coefficient (Wildman–Crippen LogP) is 0.425. The van der Waals surface area contributed by atoms with Crippen molar-refractivity contribution in [1.82, 2.24) is 13.9 Å². The summed E-state index contributed by atoms with van der Waals surface area (Å²) in [6.07, 6.45) is 1.85. The fraction of sp³-hybridized carbons (Fsp3) is 0.429. The number of aromatic amines is 1. The number of fused-ring (bicyclic) bond motifs is 1. The lowest BCUT2D eigenvalue weighted by Crippen LogP contribution is -2.44. The molecule has 2 aromatic rings. The number of aromatic nitrogens is 2. The summed E-state index contributed by atoms with van der Waals surface area (Å²) in [5, 5.41) is 0.107. The van der Waals surface area contributed by atoms with E-state index in [0.29, 0.717) is 12.8 Å². The van der Waals surface area contributed by atoms with Crippen molar-refractivity contribution in [2.45, 2.75) is 18.9 Å². The molecule has 0 unspecified atom stereocenters. The Kier molecular flexibility index (Phi) is 3.85. The summed E-state index contributed by atoms with van der Waals surface area (Å²) in [4.78, 5) is 27.3. The molecule has 0 bridgehead atoms. The van der Waals surface area contributed by atoms with Gasteiger partial charge in [0.2, 0.25) is 10.0 Å². The first kappa shape index (κ1) is 15.9. The highest BCUT2D eigenvalue weighted by Crippen LogP contribution is 2.22. The Morgan fingerprint density at radius 3 is 2.48 bits per heavy atom. The highest BCUT2D eigenvalue weighted by molar-refractivity contribution is 7.88. The normalized spacial score (nSPS) is 17.7. The Bertz CT molecular complexity index is 972. The molecule has 1 aromatic heterocycles. The van der Waals surface area contributed by atoms with E-state index in [-0.39, 0.29) is 24.0 Å². The van der Waals surface area contributed by atoms with Crippen LogP contribution in [0.2, 0.25) is 0 Å². The summed E-state index contributed by atoms with van der Waals surface area (Å²) in [7, 11) is -3.28. The van der Waals surface area contributed by atoms with Crippen molar-refractivity contribution in [3.05, 3.63) is 44.9 Å². The van der Waals surface area contributed by atoms with Crippen LogP contribution in [0.3, 0.4) is 0 Å². The number of nitrogens with one attached hydrogen (secondary N) is 1. The molecule has 2 heterocycles. The smallest absolute Gasteiger partial charge is 0.307 e. The second-order valence-corrected chi connectivity index (χ2v) is 7.67. The molecule has 1 aliphatic heterocycles. The first-order chi connectivity index (χ1) is 10.8. The maximum Gasteiger partial charge on any atom is 0.329 e. The number of hydrogen-bond donors (Lipinski definition) is 1. The molecule has 1 N–H and O–H groups in total. The highest BCUT2D eigenvalue weighted by Gasteiger charge is 2.27. The van der Waals surface area contributed by atoms with Crippen molar-refractivity contribution >= 4 is 20.9 Å². The monoisotopic (exact) mass is 341 g/mol. The zero-order chi connectivity index (χ0) is 16.8. The summed E-state index contributed by atoms with van der Waals surface area (Å²) in [5.41, 5.74) is -0.834. The predicted molar refractivity (Wildman–Crippen MR) is 83.5 cm³/mol. The first-order valence-corrected chi connectivity index (χ1v) is 9.01. The van der Waals surface area contributed by atoms with Crippen LogP contribution in [0, 0.1) is 5.82 Å². The third-order valence-corrected chi connectivity index (χ3v) is 5.45. The van der Waals surface area contributed by atoms with E-state index >= 15 is 0 Å². The van der Waals surface area contributed by atoms with Crippen LogP contribution in [0.1, 0.15) is 18.9 Å². The van der Waals surface area contributed by atoms with Crippen LogP contribution in [-0.4, -0.2) is 41.6 Å². The fourth-order valence-corrected chi connectivity index (χ4v) is 3.84. The molecule has 0 aliphatic carbocycles. The second-order valence-electron chi connectivity index (χ2n) is 5.69. The largest absolute Gasteiger partial charge is 0.329 e. The Morgan fingerprint density at radius 1 is 1.22 bits per heavy atom. The molecule has 1 saturated heterocycles. The van der Waals surface area contributed by atoms with Crippen LogP contribution in [0.25, 0.3) is 10.9 Å². The van der Waals surface area contributed by atoms with Crippen molar-refractivity contribution in [2.24, 2.45) is 0 Å². The number of halogens is 1. The van der Waals surface area contributed by atoms with Gasteiger partial charge in [-0.05, 0) is 31.0 Å². The third-order valence-electron chi connectivity index (χ3n) is 4.15. The van der Waals surface area contributed by atoms with E-state index in [1.807, 2.05) is 0 Å². The quantitative estimate of drug-likeness (QED) is 0.857. The lowest BCUT2D eigenvalue weighted by atomic mass is 10.1. The molecule has 0 radical (unpaired) electrons. The fourth-order valence-electron chi connectivity index (χ4n) is 2.96. The Morgan fingerprint density at radius 2 is 1.87 bits per heavy atom. The van der Waals surface area contributed by atoms with Gasteiger partial charge < -0.3 is 4.98 Å². The van der Waals surface area contributed by atoms with Crippen LogP contribution >= 0.6 is 0 Å². The SMILES string of the molecule is CS(=O)(=O)N1CCC(n2c(=O)[nH]c3ccc(F)cc3c2=O)CC1. The molecule has 0 saturated carbocycles. The number of sulfonamides is 1. The maximum atomic E-state index is 13.4. The second kappa shape index (κ2) is 5.57. The minimum atomic E-state index is -3.28. The molecular weight excluding hydrogens is 325 g/mol. The summed E-state index contributed by atoms with van der Waals surface area (Å²) in [6, 6.07) is 3.21. The third kappa shape index (κ3) is 2.93. The molecule has 1 aromatic carbocycles. The maximum absolute atomic E-state index is 13.4. The zero-order valence-electron chi connectivity index (χ0n) is 12.5. The van der Waals surface area contributed by atoms with Gasteiger partial charge in [-0.15, -0.1) is 0 Å². The van der Waals surface area contributed by atoms with Crippen molar-refractivity contribution in [3.8, 4) is 0 Å². The molecule has 7 nitrogen and oxygen atoms in total. The molecule has 0 spiro atoms. The minimum Gasteiger partial charge on any atom is -0.307 e. The number of nitrogens with zero attached hydrogens (tertiary/aromatic N) is 2. The topological polar surface area (TPSA) is 92.2 Å². The van der Waals surface area contributed by atoms with Crippen molar-refractivity contribution in [2.75, 3.05) is 19.3 Å². The zero-order valence-corrected chi connectivity index (χ0v) is 13.3. The van der Waals surface area contributed by atoms with E-state index in [1.54, 1.807) is 0 Å². The van der Waals surface area contributed by atoms with E-state index in [0.717, 1.165) is 16.9 Å². The van der Waals surface area contributed by atoms with Crippen molar-refractivity contribution in [3.63, 3.8) is 0 Å². The molecular formula is C14H16FN3O4S.